The number of ether oxygens (including phenoxy) is 1. The Kier molecular flexibility index (Phi) is 4.08. The molecule has 5 nitrogen and oxygen atoms in total. The van der Waals surface area contributed by atoms with Gasteiger partial charge in [0.1, 0.15) is 5.82 Å². The number of methoxy groups -OCH3 is 1. The summed E-state index contributed by atoms with van der Waals surface area (Å²) < 4.78 is 41.8. The van der Waals surface area contributed by atoms with Crippen molar-refractivity contribution in [2.75, 3.05) is 12.9 Å². The van der Waals surface area contributed by atoms with Gasteiger partial charge in [-0.2, -0.15) is 0 Å². The van der Waals surface area contributed by atoms with Gasteiger partial charge in [-0.3, -0.25) is 9.78 Å². The molecule has 1 saturated carbocycles. The zero-order chi connectivity index (χ0) is 14.8. The molecule has 1 aliphatic carbocycles. The minimum Gasteiger partial charge on any atom is -0.469 e. The van der Waals surface area contributed by atoms with Crippen LogP contribution in [-0.2, 0) is 25.1 Å². The fourth-order valence-corrected chi connectivity index (χ4v) is 4.33. The van der Waals surface area contributed by atoms with E-state index in [4.69, 9.17) is 0 Å². The number of carbonyl (C=O) groups excluding carboxylic acids is 1. The van der Waals surface area contributed by atoms with Crippen LogP contribution >= 0.6 is 0 Å². The van der Waals surface area contributed by atoms with Gasteiger partial charge < -0.3 is 4.74 Å². The molecule has 1 heterocycles. The van der Waals surface area contributed by atoms with Crippen molar-refractivity contribution in [1.29, 1.82) is 0 Å². The Balaban J connectivity index is 2.03. The lowest BCUT2D eigenvalue weighted by atomic mass is 10.1. The first-order chi connectivity index (χ1) is 9.34. The summed E-state index contributed by atoms with van der Waals surface area (Å²) in [6.07, 6.45) is 3.87. The second-order valence-electron chi connectivity index (χ2n) is 5.30. The molecular formula is C13H16FNO4S. The van der Waals surface area contributed by atoms with Crippen molar-refractivity contribution in [3.8, 4) is 0 Å². The summed E-state index contributed by atoms with van der Waals surface area (Å²) in [4.78, 5) is 14.9. The molecule has 1 fully saturated rings. The van der Waals surface area contributed by atoms with Gasteiger partial charge >= 0.3 is 5.97 Å². The van der Waals surface area contributed by atoms with E-state index in [2.05, 4.69) is 9.72 Å². The fraction of sp³-hybridized carbons (Fsp3) is 0.538. The van der Waals surface area contributed by atoms with Crippen LogP contribution in [0.1, 0.15) is 24.8 Å². The summed E-state index contributed by atoms with van der Waals surface area (Å²) in [5.74, 6) is -1.30. The summed E-state index contributed by atoms with van der Waals surface area (Å²) >= 11 is 0. The molecule has 0 spiro atoms. The Bertz CT molecular complexity index is 611. The highest BCUT2D eigenvalue weighted by Gasteiger charge is 2.47. The van der Waals surface area contributed by atoms with Crippen LogP contribution in [0.2, 0.25) is 0 Å². The van der Waals surface area contributed by atoms with Gasteiger partial charge in [0, 0.05) is 6.20 Å². The molecule has 0 N–H and O–H groups in total. The van der Waals surface area contributed by atoms with Crippen molar-refractivity contribution in [2.45, 2.75) is 25.0 Å². The highest BCUT2D eigenvalue weighted by molar-refractivity contribution is 7.90. The molecule has 0 aliphatic heterocycles. The number of halogens is 1. The van der Waals surface area contributed by atoms with Crippen LogP contribution in [0, 0.1) is 11.2 Å². The lowest BCUT2D eigenvalue weighted by Crippen LogP contribution is -2.22. The summed E-state index contributed by atoms with van der Waals surface area (Å²) in [6.45, 7) is 0. The number of hydrogen-bond acceptors (Lipinski definition) is 5. The molecule has 110 valence electrons. The lowest BCUT2D eigenvalue weighted by Gasteiger charge is -2.13. The fourth-order valence-electron chi connectivity index (χ4n) is 2.23. The molecule has 7 heteroatoms. The molecule has 1 aliphatic rings. The minimum absolute atomic E-state index is 0.0778. The molecular weight excluding hydrogens is 285 g/mol. The molecule has 0 unspecified atom stereocenters. The second kappa shape index (κ2) is 5.47. The molecule has 1 aromatic heterocycles. The van der Waals surface area contributed by atoms with Gasteiger partial charge in [0.15, 0.2) is 9.84 Å². The third-order valence-electron chi connectivity index (χ3n) is 3.38. The van der Waals surface area contributed by atoms with Gasteiger partial charge in [-0.15, -0.1) is 0 Å². The highest BCUT2D eigenvalue weighted by Crippen LogP contribution is 2.50. The number of carbonyl (C=O) groups is 1. The Morgan fingerprint density at radius 1 is 1.45 bits per heavy atom. The monoisotopic (exact) mass is 301 g/mol. The number of rotatable bonds is 6. The normalized spacial score (nSPS) is 16.7. The van der Waals surface area contributed by atoms with Gasteiger partial charge in [0.25, 0.3) is 0 Å². The smallest absolute Gasteiger partial charge is 0.306 e. The predicted molar refractivity (Wildman–Crippen MR) is 70.0 cm³/mol. The zero-order valence-electron chi connectivity index (χ0n) is 11.1. The quantitative estimate of drug-likeness (QED) is 0.744. The van der Waals surface area contributed by atoms with E-state index in [1.807, 2.05) is 0 Å². The van der Waals surface area contributed by atoms with E-state index in [0.29, 0.717) is 18.4 Å². The van der Waals surface area contributed by atoms with E-state index in [-0.39, 0.29) is 17.9 Å². The number of hydrogen-bond donors (Lipinski definition) is 0. The average molecular weight is 301 g/mol. The topological polar surface area (TPSA) is 73.3 Å². The van der Waals surface area contributed by atoms with Crippen molar-refractivity contribution >= 4 is 15.8 Å². The maximum atomic E-state index is 13.0. The van der Waals surface area contributed by atoms with Crippen molar-refractivity contribution in [3.63, 3.8) is 0 Å². The number of esters is 1. The number of sulfone groups is 1. The molecule has 0 amide bonds. The first kappa shape index (κ1) is 14.9. The largest absolute Gasteiger partial charge is 0.469 e. The summed E-state index contributed by atoms with van der Waals surface area (Å²) in [5.41, 5.74) is -0.175. The van der Waals surface area contributed by atoms with Crippen molar-refractivity contribution < 1.29 is 22.3 Å². The van der Waals surface area contributed by atoms with Gasteiger partial charge in [-0.1, -0.05) is 0 Å². The molecule has 0 saturated heterocycles. The highest BCUT2D eigenvalue weighted by atomic mass is 32.2. The van der Waals surface area contributed by atoms with Crippen LogP contribution < -0.4 is 0 Å². The first-order valence-electron chi connectivity index (χ1n) is 6.21. The molecule has 0 radical (unpaired) electrons. The molecule has 0 aromatic carbocycles. The predicted octanol–water partition coefficient (Wildman–Crippen LogP) is 1.48. The van der Waals surface area contributed by atoms with Crippen LogP contribution in [-0.4, -0.2) is 32.2 Å². The molecule has 1 aromatic rings. The van der Waals surface area contributed by atoms with E-state index in [0.717, 1.165) is 12.3 Å². The number of nitrogens with zero attached hydrogens (tertiary/aromatic N) is 1. The van der Waals surface area contributed by atoms with E-state index < -0.39 is 27.0 Å². The van der Waals surface area contributed by atoms with Gasteiger partial charge in [0.2, 0.25) is 0 Å². The van der Waals surface area contributed by atoms with Crippen LogP contribution in [0.3, 0.4) is 0 Å². The van der Waals surface area contributed by atoms with E-state index >= 15 is 0 Å². The van der Waals surface area contributed by atoms with Crippen molar-refractivity contribution in [2.24, 2.45) is 5.41 Å². The minimum atomic E-state index is -3.41. The van der Waals surface area contributed by atoms with Crippen molar-refractivity contribution in [1.82, 2.24) is 4.98 Å². The van der Waals surface area contributed by atoms with Crippen LogP contribution in [0.25, 0.3) is 0 Å². The maximum Gasteiger partial charge on any atom is 0.306 e. The van der Waals surface area contributed by atoms with Gasteiger partial charge in [0.05, 0.1) is 31.2 Å². The zero-order valence-corrected chi connectivity index (χ0v) is 12.0. The van der Waals surface area contributed by atoms with E-state index in [1.165, 1.54) is 13.3 Å². The van der Waals surface area contributed by atoms with Gasteiger partial charge in [-0.05, 0) is 29.9 Å². The number of pyridine rings is 1. The first-order valence-corrected chi connectivity index (χ1v) is 8.03. The second-order valence-corrected chi connectivity index (χ2v) is 7.36. The number of aromatic nitrogens is 1. The molecule has 20 heavy (non-hydrogen) atoms. The van der Waals surface area contributed by atoms with Gasteiger partial charge in [-0.25, -0.2) is 12.8 Å². The third-order valence-corrected chi connectivity index (χ3v) is 5.20. The summed E-state index contributed by atoms with van der Waals surface area (Å²) in [6, 6.07) is 1.16. The Morgan fingerprint density at radius 2 is 2.15 bits per heavy atom. The van der Waals surface area contributed by atoms with Crippen LogP contribution in [0.4, 0.5) is 4.39 Å². The molecule has 0 atom stereocenters. The average Bonchev–Trinajstić information content (AvgIpc) is 3.06. The molecule has 2 rings (SSSR count). The van der Waals surface area contributed by atoms with Crippen LogP contribution in [0.5, 0.6) is 0 Å². The Morgan fingerprint density at radius 3 is 2.70 bits per heavy atom. The van der Waals surface area contributed by atoms with Crippen LogP contribution in [0.15, 0.2) is 18.5 Å². The van der Waals surface area contributed by atoms with Crippen molar-refractivity contribution in [3.05, 3.63) is 29.8 Å². The van der Waals surface area contributed by atoms with E-state index in [9.17, 15) is 17.6 Å². The summed E-state index contributed by atoms with van der Waals surface area (Å²) in [5, 5.41) is 0. The SMILES string of the molecule is COC(=O)CC1(CS(=O)(=O)Cc2cncc(F)c2)CC1. The Hall–Kier alpha value is -1.50. The third kappa shape index (κ3) is 4.00. The van der Waals surface area contributed by atoms with E-state index in [1.54, 1.807) is 0 Å². The molecule has 0 bridgehead atoms. The maximum absolute atomic E-state index is 13.0. The lowest BCUT2D eigenvalue weighted by molar-refractivity contribution is -0.141. The summed E-state index contributed by atoms with van der Waals surface area (Å²) in [7, 11) is -2.13. The standard InChI is InChI=1S/C13H16FNO4S/c1-19-12(16)5-13(2-3-13)9-20(17,18)8-10-4-11(14)7-15-6-10/h4,6-7H,2-3,5,8-9H2,1H3. The Labute approximate surface area is 117 Å².